The molecule has 27 heavy (non-hydrogen) atoms. The molecule has 0 unspecified atom stereocenters. The molecule has 0 bridgehead atoms. The second-order valence-electron chi connectivity index (χ2n) is 6.15. The molecule has 136 valence electrons. The van der Waals surface area contributed by atoms with Crippen LogP contribution in [0.4, 0.5) is 13.2 Å². The van der Waals surface area contributed by atoms with Gasteiger partial charge in [0.2, 0.25) is 0 Å². The van der Waals surface area contributed by atoms with Crippen LogP contribution in [0.15, 0.2) is 60.7 Å². The van der Waals surface area contributed by atoms with Gasteiger partial charge in [0.1, 0.15) is 0 Å². The van der Waals surface area contributed by atoms with Crippen LogP contribution >= 0.6 is 11.6 Å². The Balaban J connectivity index is 1.93. The molecule has 2 aromatic heterocycles. The van der Waals surface area contributed by atoms with Crippen LogP contribution in [0.5, 0.6) is 0 Å². The third-order valence-corrected chi connectivity index (χ3v) is 4.52. The minimum absolute atomic E-state index is 0.124. The van der Waals surface area contributed by atoms with Crippen LogP contribution in [0.25, 0.3) is 28.0 Å². The summed E-state index contributed by atoms with van der Waals surface area (Å²) >= 11 is 5.86. The van der Waals surface area contributed by atoms with Gasteiger partial charge in [-0.05, 0) is 42.8 Å². The van der Waals surface area contributed by atoms with E-state index in [-0.39, 0.29) is 11.5 Å². The summed E-state index contributed by atoms with van der Waals surface area (Å²) < 4.78 is 41.7. The first-order valence-electron chi connectivity index (χ1n) is 8.13. The van der Waals surface area contributed by atoms with Gasteiger partial charge >= 0.3 is 6.18 Å². The number of aromatic nitrogens is 3. The van der Waals surface area contributed by atoms with Crippen molar-refractivity contribution < 1.29 is 13.2 Å². The Labute approximate surface area is 158 Å². The van der Waals surface area contributed by atoms with Gasteiger partial charge in [0, 0.05) is 16.0 Å². The topological polar surface area (TPSA) is 30.7 Å². The van der Waals surface area contributed by atoms with Crippen LogP contribution in [0.2, 0.25) is 5.02 Å². The molecule has 3 nitrogen and oxygen atoms in total. The maximum Gasteiger partial charge on any atom is 0.433 e. The summed E-state index contributed by atoms with van der Waals surface area (Å²) in [5.74, 6) is 0.124. The summed E-state index contributed by atoms with van der Waals surface area (Å²) in [4.78, 5) is 4.38. The summed E-state index contributed by atoms with van der Waals surface area (Å²) in [6.45, 7) is 1.84. The molecule has 0 saturated carbocycles. The predicted molar refractivity (Wildman–Crippen MR) is 99.1 cm³/mol. The minimum Gasteiger partial charge on any atom is -0.229 e. The highest BCUT2D eigenvalue weighted by Crippen LogP contribution is 2.34. The summed E-state index contributed by atoms with van der Waals surface area (Å²) in [5.41, 5.74) is 1.30. The average molecular weight is 388 g/mol. The quantitative estimate of drug-likeness (QED) is 0.418. The van der Waals surface area contributed by atoms with E-state index in [9.17, 15) is 13.2 Å². The van der Waals surface area contributed by atoms with Crippen molar-refractivity contribution in [2.45, 2.75) is 13.1 Å². The standard InChI is InChI=1S/C20H13ClF3N3/c1-12-10-19(25-16-5-3-2-4-15(12)16)27-18(20(22,23)24)11-17(26-27)13-6-8-14(21)9-7-13/h2-11H,1H3. The van der Waals surface area contributed by atoms with E-state index < -0.39 is 11.9 Å². The van der Waals surface area contributed by atoms with E-state index in [0.29, 0.717) is 16.1 Å². The van der Waals surface area contributed by atoms with Gasteiger partial charge in [-0.2, -0.15) is 18.3 Å². The van der Waals surface area contributed by atoms with Crippen LogP contribution in [-0.4, -0.2) is 14.8 Å². The molecule has 0 saturated heterocycles. The fraction of sp³-hybridized carbons (Fsp3) is 0.100. The molecule has 0 spiro atoms. The molecule has 0 aliphatic heterocycles. The molecule has 0 aliphatic rings. The minimum atomic E-state index is -4.57. The lowest BCUT2D eigenvalue weighted by atomic mass is 10.1. The molecule has 0 N–H and O–H groups in total. The Morgan fingerprint density at radius 3 is 2.37 bits per heavy atom. The molecule has 0 amide bonds. The van der Waals surface area contributed by atoms with Crippen LogP contribution in [-0.2, 0) is 6.18 Å². The number of halogens is 4. The number of benzene rings is 2. The highest BCUT2D eigenvalue weighted by atomic mass is 35.5. The molecular formula is C20H13ClF3N3. The maximum absolute atomic E-state index is 13.6. The number of nitrogens with zero attached hydrogens (tertiary/aromatic N) is 3. The number of hydrogen-bond acceptors (Lipinski definition) is 2. The van der Waals surface area contributed by atoms with Crippen LogP contribution in [0, 0.1) is 6.92 Å². The monoisotopic (exact) mass is 387 g/mol. The lowest BCUT2D eigenvalue weighted by molar-refractivity contribution is -0.142. The van der Waals surface area contributed by atoms with Crippen LogP contribution in [0.1, 0.15) is 11.3 Å². The number of para-hydroxylation sites is 1. The zero-order valence-electron chi connectivity index (χ0n) is 14.1. The molecule has 0 fully saturated rings. The zero-order valence-corrected chi connectivity index (χ0v) is 14.9. The molecule has 2 heterocycles. The molecule has 4 aromatic rings. The Kier molecular flexibility index (Phi) is 4.15. The first-order valence-corrected chi connectivity index (χ1v) is 8.51. The van der Waals surface area contributed by atoms with Crippen molar-refractivity contribution >= 4 is 22.5 Å². The van der Waals surface area contributed by atoms with E-state index in [2.05, 4.69) is 10.1 Å². The smallest absolute Gasteiger partial charge is 0.229 e. The Morgan fingerprint density at radius 1 is 0.963 bits per heavy atom. The summed E-state index contributed by atoms with van der Waals surface area (Å²) in [5, 5.41) is 5.58. The third kappa shape index (κ3) is 3.28. The van der Waals surface area contributed by atoms with Crippen molar-refractivity contribution in [2.75, 3.05) is 0 Å². The number of pyridine rings is 1. The Morgan fingerprint density at radius 2 is 1.67 bits per heavy atom. The average Bonchev–Trinajstić information content (AvgIpc) is 3.08. The van der Waals surface area contributed by atoms with E-state index in [1.807, 2.05) is 19.1 Å². The first kappa shape index (κ1) is 17.5. The van der Waals surface area contributed by atoms with E-state index >= 15 is 0 Å². The van der Waals surface area contributed by atoms with E-state index in [0.717, 1.165) is 21.7 Å². The van der Waals surface area contributed by atoms with Crippen LogP contribution < -0.4 is 0 Å². The summed E-state index contributed by atoms with van der Waals surface area (Å²) in [7, 11) is 0. The van der Waals surface area contributed by atoms with E-state index in [4.69, 9.17) is 11.6 Å². The van der Waals surface area contributed by atoms with Gasteiger partial charge in [-0.3, -0.25) is 0 Å². The molecule has 4 rings (SSSR count). The second-order valence-corrected chi connectivity index (χ2v) is 6.58. The van der Waals surface area contributed by atoms with Crippen molar-refractivity contribution in [3.05, 3.63) is 76.9 Å². The van der Waals surface area contributed by atoms with Gasteiger partial charge in [-0.25, -0.2) is 9.67 Å². The Hall–Kier alpha value is -2.86. The van der Waals surface area contributed by atoms with E-state index in [1.165, 1.54) is 0 Å². The van der Waals surface area contributed by atoms with Crippen molar-refractivity contribution in [1.82, 2.24) is 14.8 Å². The Bertz CT molecular complexity index is 1130. The fourth-order valence-corrected chi connectivity index (χ4v) is 3.09. The maximum atomic E-state index is 13.6. The molecular weight excluding hydrogens is 375 g/mol. The lowest BCUT2D eigenvalue weighted by Crippen LogP contribution is -2.14. The van der Waals surface area contributed by atoms with E-state index in [1.54, 1.807) is 42.5 Å². The number of hydrogen-bond donors (Lipinski definition) is 0. The van der Waals surface area contributed by atoms with Gasteiger partial charge < -0.3 is 0 Å². The van der Waals surface area contributed by atoms with Crippen molar-refractivity contribution in [2.24, 2.45) is 0 Å². The molecule has 2 aromatic carbocycles. The van der Waals surface area contributed by atoms with Gasteiger partial charge in [-0.15, -0.1) is 0 Å². The fourth-order valence-electron chi connectivity index (χ4n) is 2.96. The van der Waals surface area contributed by atoms with Gasteiger partial charge in [0.15, 0.2) is 11.5 Å². The molecule has 0 atom stereocenters. The summed E-state index contributed by atoms with van der Waals surface area (Å²) in [6.07, 6.45) is -4.57. The van der Waals surface area contributed by atoms with Crippen molar-refractivity contribution in [3.8, 4) is 17.1 Å². The number of fused-ring (bicyclic) bond motifs is 1. The number of alkyl halides is 3. The van der Waals surface area contributed by atoms with Gasteiger partial charge in [0.05, 0.1) is 11.2 Å². The van der Waals surface area contributed by atoms with Crippen molar-refractivity contribution in [3.63, 3.8) is 0 Å². The lowest BCUT2D eigenvalue weighted by Gasteiger charge is -2.11. The molecule has 0 radical (unpaired) electrons. The highest BCUT2D eigenvalue weighted by molar-refractivity contribution is 6.30. The molecule has 7 heteroatoms. The summed E-state index contributed by atoms with van der Waals surface area (Å²) in [6, 6.07) is 16.4. The predicted octanol–water partition coefficient (Wildman–Crippen LogP) is 6.07. The highest BCUT2D eigenvalue weighted by Gasteiger charge is 2.37. The molecule has 0 aliphatic carbocycles. The number of aryl methyl sites for hydroxylation is 1. The third-order valence-electron chi connectivity index (χ3n) is 4.27. The largest absolute Gasteiger partial charge is 0.433 e. The van der Waals surface area contributed by atoms with Crippen LogP contribution in [0.3, 0.4) is 0 Å². The first-order chi connectivity index (χ1) is 12.8. The van der Waals surface area contributed by atoms with Gasteiger partial charge in [-0.1, -0.05) is 41.9 Å². The second kappa shape index (κ2) is 6.39. The normalized spacial score (nSPS) is 11.9. The zero-order chi connectivity index (χ0) is 19.2. The van der Waals surface area contributed by atoms with Crippen molar-refractivity contribution in [1.29, 1.82) is 0 Å². The van der Waals surface area contributed by atoms with Gasteiger partial charge in [0.25, 0.3) is 0 Å². The number of rotatable bonds is 2. The SMILES string of the molecule is Cc1cc(-n2nc(-c3ccc(Cl)cc3)cc2C(F)(F)F)nc2ccccc12.